The zero-order valence-corrected chi connectivity index (χ0v) is 36.3. The average Bonchev–Trinajstić information content (AvgIpc) is 3.27. The summed E-state index contributed by atoms with van der Waals surface area (Å²) in [5, 5.41) is 14.5. The maximum absolute atomic E-state index is 6.33. The number of anilines is 4. The average molecular weight is 831 g/mol. The van der Waals surface area contributed by atoms with Gasteiger partial charge in [-0.3, -0.25) is 0 Å². The van der Waals surface area contributed by atoms with Crippen LogP contribution >= 0.6 is 24.0 Å². The molecule has 3 heterocycles. The second-order valence-electron chi connectivity index (χ2n) is 13.5. The number of aromatic nitrogens is 3. The number of pyridine rings is 3. The van der Waals surface area contributed by atoms with Crippen molar-refractivity contribution in [1.29, 1.82) is 0 Å². The van der Waals surface area contributed by atoms with E-state index in [0.717, 1.165) is 93.2 Å². The SMILES string of the molecule is Cl.Clc1c2ccccc2nc2ccccc12.[Na+].[OH-].c1ccc(Nc2c3ccccc3nc3ccccc23)cc1.c1ccc(Nc2c3ccccc3nc3ccccc23)cc1. The molecule has 0 saturated carbocycles. The van der Waals surface area contributed by atoms with Gasteiger partial charge in [0.15, 0.2) is 0 Å². The molecule has 3 N–H and O–H groups in total. The quantitative estimate of drug-likeness (QED) is 0.136. The van der Waals surface area contributed by atoms with E-state index in [2.05, 4.69) is 113 Å². The van der Waals surface area contributed by atoms with Gasteiger partial charge in [0.1, 0.15) is 0 Å². The maximum Gasteiger partial charge on any atom is 1.00 e. The van der Waals surface area contributed by atoms with E-state index in [9.17, 15) is 0 Å². The van der Waals surface area contributed by atoms with E-state index in [0.29, 0.717) is 0 Å². The standard InChI is InChI=1S/2C19H14N2.C13H8ClN.ClH.Na.H2O/c2*1-2-8-14(9-3-1)20-19-15-10-4-6-12-17(15)21-18-13-7-5-11-16(18)19;14-13-9-5-1-3-7-11(9)15-12-8-4-2-6-10(12)13;;;/h2*1-13H,(H,20,21);1-8H;1H;;1H2/q;;;;+1;/p-1. The van der Waals surface area contributed by atoms with Crippen LogP contribution in [0.1, 0.15) is 0 Å². The number of rotatable bonds is 4. The number of halogens is 2. The molecule has 6 nitrogen and oxygen atoms in total. The van der Waals surface area contributed by atoms with E-state index in [4.69, 9.17) is 21.6 Å². The first kappa shape index (κ1) is 43.5. The van der Waals surface area contributed by atoms with Crippen molar-refractivity contribution in [2.75, 3.05) is 10.6 Å². The van der Waals surface area contributed by atoms with Crippen LogP contribution < -0.4 is 40.2 Å². The van der Waals surface area contributed by atoms with Gasteiger partial charge in [-0.1, -0.05) is 157 Å². The van der Waals surface area contributed by atoms with Gasteiger partial charge < -0.3 is 16.1 Å². The fourth-order valence-electron chi connectivity index (χ4n) is 7.07. The first-order chi connectivity index (χ1) is 28.2. The number of nitrogens with zero attached hydrogens (tertiary/aromatic N) is 3. The van der Waals surface area contributed by atoms with Crippen LogP contribution in [0.2, 0.25) is 5.02 Å². The smallest absolute Gasteiger partial charge is 0.870 e. The summed E-state index contributed by atoms with van der Waals surface area (Å²) in [6.07, 6.45) is 0. The summed E-state index contributed by atoms with van der Waals surface area (Å²) in [6, 6.07) is 69.3. The number of hydrogen-bond donors (Lipinski definition) is 2. The molecule has 8 aromatic carbocycles. The van der Waals surface area contributed by atoms with Crippen LogP contribution in [0.3, 0.4) is 0 Å². The van der Waals surface area contributed by atoms with E-state index in [-0.39, 0.29) is 47.4 Å². The van der Waals surface area contributed by atoms with Crippen molar-refractivity contribution < 1.29 is 35.0 Å². The van der Waals surface area contributed by atoms with Crippen LogP contribution in [0.5, 0.6) is 0 Å². The number of para-hydroxylation sites is 8. The third-order valence-electron chi connectivity index (χ3n) is 9.78. The molecule has 3 aromatic heterocycles. The Balaban J connectivity index is 0.000000149. The summed E-state index contributed by atoms with van der Waals surface area (Å²) in [6.45, 7) is 0. The van der Waals surface area contributed by atoms with Crippen LogP contribution in [-0.2, 0) is 0 Å². The van der Waals surface area contributed by atoms with E-state index < -0.39 is 0 Å². The van der Waals surface area contributed by atoms with E-state index in [1.807, 2.05) is 109 Å². The van der Waals surface area contributed by atoms with E-state index >= 15 is 0 Å². The topological polar surface area (TPSA) is 92.7 Å². The van der Waals surface area contributed by atoms with Crippen molar-refractivity contribution in [1.82, 2.24) is 15.0 Å². The summed E-state index contributed by atoms with van der Waals surface area (Å²) in [7, 11) is 0. The molecule has 9 heteroatoms. The van der Waals surface area contributed by atoms with Gasteiger partial charge in [-0.25, -0.2) is 15.0 Å². The van der Waals surface area contributed by atoms with Gasteiger partial charge in [0.25, 0.3) is 0 Å². The van der Waals surface area contributed by atoms with Gasteiger partial charge in [0, 0.05) is 43.7 Å². The first-order valence-corrected chi connectivity index (χ1v) is 19.2. The fraction of sp³-hybridized carbons (Fsp3) is 0. The van der Waals surface area contributed by atoms with Crippen molar-refractivity contribution >= 4 is 112 Å². The Kier molecular flexibility index (Phi) is 14.7. The minimum Gasteiger partial charge on any atom is -0.870 e. The molecule has 0 atom stereocenters. The van der Waals surface area contributed by atoms with Crippen LogP contribution in [0.15, 0.2) is 206 Å². The third-order valence-corrected chi connectivity index (χ3v) is 10.2. The van der Waals surface area contributed by atoms with Gasteiger partial charge in [-0.15, -0.1) is 12.4 Å². The minimum atomic E-state index is 0. The summed E-state index contributed by atoms with van der Waals surface area (Å²) in [5.74, 6) is 0. The van der Waals surface area contributed by atoms with Gasteiger partial charge in [0.2, 0.25) is 0 Å². The molecule has 0 aliphatic rings. The van der Waals surface area contributed by atoms with Gasteiger partial charge >= 0.3 is 29.6 Å². The Morgan fingerprint density at radius 1 is 0.300 bits per heavy atom. The van der Waals surface area contributed by atoms with Crippen molar-refractivity contribution in [2.45, 2.75) is 0 Å². The molecular formula is C51H38Cl2N5NaO. The molecule has 0 aliphatic carbocycles. The van der Waals surface area contributed by atoms with Crippen molar-refractivity contribution in [3.05, 3.63) is 211 Å². The zero-order chi connectivity index (χ0) is 38.4. The second kappa shape index (κ2) is 20.2. The molecule has 0 spiro atoms. The van der Waals surface area contributed by atoms with Gasteiger partial charge in [0.05, 0.1) is 49.5 Å². The molecule has 0 amide bonds. The molecule has 11 rings (SSSR count). The predicted molar refractivity (Wildman–Crippen MR) is 251 cm³/mol. The Morgan fingerprint density at radius 2 is 0.517 bits per heavy atom. The zero-order valence-electron chi connectivity index (χ0n) is 32.7. The molecule has 0 saturated heterocycles. The number of hydrogen-bond acceptors (Lipinski definition) is 6. The van der Waals surface area contributed by atoms with Crippen LogP contribution in [0.4, 0.5) is 22.7 Å². The van der Waals surface area contributed by atoms with Gasteiger partial charge in [-0.05, 0) is 60.7 Å². The normalized spacial score (nSPS) is 10.3. The number of nitrogens with one attached hydrogen (secondary N) is 2. The largest absolute Gasteiger partial charge is 1.00 e. The molecule has 60 heavy (non-hydrogen) atoms. The second-order valence-corrected chi connectivity index (χ2v) is 13.9. The summed E-state index contributed by atoms with van der Waals surface area (Å²) in [4.78, 5) is 14.0. The fourth-order valence-corrected chi connectivity index (χ4v) is 7.39. The Morgan fingerprint density at radius 3 is 0.800 bits per heavy atom. The number of benzene rings is 8. The van der Waals surface area contributed by atoms with E-state index in [1.54, 1.807) is 0 Å². The molecule has 0 bridgehead atoms. The molecule has 0 fully saturated rings. The van der Waals surface area contributed by atoms with Crippen molar-refractivity contribution in [3.63, 3.8) is 0 Å². The summed E-state index contributed by atoms with van der Waals surface area (Å²) in [5.41, 5.74) is 10.3. The molecule has 0 unspecified atom stereocenters. The van der Waals surface area contributed by atoms with Crippen molar-refractivity contribution in [3.8, 4) is 0 Å². The minimum absolute atomic E-state index is 0. The Bertz CT molecular complexity index is 2850. The molecule has 0 aliphatic heterocycles. The molecule has 288 valence electrons. The first-order valence-electron chi connectivity index (χ1n) is 18.8. The van der Waals surface area contributed by atoms with Crippen LogP contribution in [0, 0.1) is 0 Å². The van der Waals surface area contributed by atoms with Crippen LogP contribution in [0.25, 0.3) is 65.4 Å². The van der Waals surface area contributed by atoms with Gasteiger partial charge in [-0.2, -0.15) is 0 Å². The Labute approximate surface area is 381 Å². The monoisotopic (exact) mass is 829 g/mol. The number of fused-ring (bicyclic) bond motifs is 6. The molecule has 11 aromatic rings. The third kappa shape index (κ3) is 9.36. The maximum atomic E-state index is 6.33. The summed E-state index contributed by atoms with van der Waals surface area (Å²) < 4.78 is 0. The van der Waals surface area contributed by atoms with Crippen molar-refractivity contribution in [2.24, 2.45) is 0 Å². The Hall–Kier alpha value is -6.09. The summed E-state index contributed by atoms with van der Waals surface area (Å²) >= 11 is 6.33. The predicted octanol–water partition coefficient (Wildman–Crippen LogP) is 11.6. The molecule has 0 radical (unpaired) electrons. The molecular weight excluding hydrogens is 792 g/mol. The van der Waals surface area contributed by atoms with E-state index in [1.165, 1.54) is 0 Å². The van der Waals surface area contributed by atoms with Crippen LogP contribution in [-0.4, -0.2) is 20.4 Å².